The third-order valence-electron chi connectivity index (χ3n) is 4.22. The molecule has 1 rings (SSSR count). The molecule has 1 amide bonds. The minimum atomic E-state index is -3.70. The number of sulfonamides is 1. The largest absolute Gasteiger partial charge is 0.495 e. The Balaban J connectivity index is 3.21. The summed E-state index contributed by atoms with van der Waals surface area (Å²) >= 11 is 6.13. The van der Waals surface area contributed by atoms with Crippen LogP contribution in [0, 0.1) is 11.8 Å². The van der Waals surface area contributed by atoms with Crippen LogP contribution in [0.4, 0.5) is 5.69 Å². The number of ether oxygens (including phenoxy) is 1. The Bertz CT molecular complexity index is 727. The molecule has 148 valence electrons. The number of nitrogens with one attached hydrogen (secondary N) is 1. The number of halogens is 1. The molecule has 0 spiro atoms. The van der Waals surface area contributed by atoms with Crippen molar-refractivity contribution in [3.05, 3.63) is 23.2 Å². The highest BCUT2D eigenvalue weighted by molar-refractivity contribution is 7.92. The zero-order valence-corrected chi connectivity index (χ0v) is 18.0. The van der Waals surface area contributed by atoms with Gasteiger partial charge in [-0.15, -0.1) is 0 Å². The maximum Gasteiger partial charge on any atom is 0.243 e. The molecule has 1 atom stereocenters. The highest BCUT2D eigenvalue weighted by Gasteiger charge is 2.31. The first-order valence-electron chi connectivity index (χ1n) is 8.53. The standard InChI is InChI=1S/C18H29ClN2O4S/c1-11(2)17(12(3)4)20-18(22)13(5)21(26(7,23)24)14-8-9-16(25-6)15(19)10-14/h8-13,17H,1-7H3,(H,20,22)/t13-/m0/s1. The van der Waals surface area contributed by atoms with E-state index in [9.17, 15) is 13.2 Å². The van der Waals surface area contributed by atoms with Crippen LogP contribution in [0.25, 0.3) is 0 Å². The van der Waals surface area contributed by atoms with Gasteiger partial charge in [-0.3, -0.25) is 9.10 Å². The van der Waals surface area contributed by atoms with Gasteiger partial charge < -0.3 is 10.1 Å². The minimum Gasteiger partial charge on any atom is -0.495 e. The smallest absolute Gasteiger partial charge is 0.243 e. The summed E-state index contributed by atoms with van der Waals surface area (Å²) in [5, 5.41) is 3.24. The summed E-state index contributed by atoms with van der Waals surface area (Å²) < 4.78 is 30.9. The molecule has 0 aliphatic rings. The van der Waals surface area contributed by atoms with Crippen LogP contribution in [0.2, 0.25) is 5.02 Å². The molecule has 26 heavy (non-hydrogen) atoms. The Kier molecular flexibility index (Phi) is 7.77. The van der Waals surface area contributed by atoms with Crippen molar-refractivity contribution in [1.29, 1.82) is 0 Å². The van der Waals surface area contributed by atoms with Crippen molar-refractivity contribution in [1.82, 2.24) is 5.32 Å². The number of amides is 1. The summed E-state index contributed by atoms with van der Waals surface area (Å²) in [6.45, 7) is 9.65. The van der Waals surface area contributed by atoms with E-state index in [0.717, 1.165) is 10.6 Å². The number of anilines is 1. The molecule has 0 aliphatic carbocycles. The van der Waals surface area contributed by atoms with Crippen LogP contribution >= 0.6 is 11.6 Å². The summed E-state index contributed by atoms with van der Waals surface area (Å²) in [7, 11) is -2.23. The molecule has 0 aromatic heterocycles. The zero-order valence-electron chi connectivity index (χ0n) is 16.4. The van der Waals surface area contributed by atoms with E-state index in [1.54, 1.807) is 19.1 Å². The molecule has 1 aromatic carbocycles. The lowest BCUT2D eigenvalue weighted by molar-refractivity contribution is -0.123. The van der Waals surface area contributed by atoms with Gasteiger partial charge in [-0.2, -0.15) is 0 Å². The normalized spacial score (nSPS) is 13.2. The van der Waals surface area contributed by atoms with Gasteiger partial charge in [-0.05, 0) is 37.0 Å². The van der Waals surface area contributed by atoms with E-state index in [1.165, 1.54) is 13.2 Å². The Morgan fingerprint density at radius 3 is 2.08 bits per heavy atom. The molecule has 1 N–H and O–H groups in total. The monoisotopic (exact) mass is 404 g/mol. The van der Waals surface area contributed by atoms with Gasteiger partial charge in [0.15, 0.2) is 0 Å². The lowest BCUT2D eigenvalue weighted by atomic mass is 9.93. The number of nitrogens with zero attached hydrogens (tertiary/aromatic N) is 1. The lowest BCUT2D eigenvalue weighted by Crippen LogP contribution is -2.52. The van der Waals surface area contributed by atoms with E-state index in [-0.39, 0.29) is 28.8 Å². The fraction of sp³-hybridized carbons (Fsp3) is 0.611. The van der Waals surface area contributed by atoms with Crippen LogP contribution < -0.4 is 14.4 Å². The number of hydrogen-bond donors (Lipinski definition) is 1. The molecule has 0 saturated heterocycles. The number of rotatable bonds is 8. The number of carbonyl (C=O) groups is 1. The Morgan fingerprint density at radius 2 is 1.69 bits per heavy atom. The van der Waals surface area contributed by atoms with E-state index in [2.05, 4.69) is 5.32 Å². The second-order valence-electron chi connectivity index (χ2n) is 7.08. The van der Waals surface area contributed by atoms with Crippen molar-refractivity contribution in [3.63, 3.8) is 0 Å². The molecule has 0 heterocycles. The van der Waals surface area contributed by atoms with Gasteiger partial charge in [0.1, 0.15) is 11.8 Å². The third kappa shape index (κ3) is 5.51. The number of hydrogen-bond acceptors (Lipinski definition) is 4. The van der Waals surface area contributed by atoms with E-state index in [0.29, 0.717) is 11.4 Å². The lowest BCUT2D eigenvalue weighted by Gasteiger charge is -2.32. The quantitative estimate of drug-likeness (QED) is 0.721. The molecule has 1 aromatic rings. The second-order valence-corrected chi connectivity index (χ2v) is 9.34. The van der Waals surface area contributed by atoms with Crippen molar-refractivity contribution in [3.8, 4) is 5.75 Å². The van der Waals surface area contributed by atoms with E-state index in [4.69, 9.17) is 16.3 Å². The Hall–Kier alpha value is -1.47. The fourth-order valence-electron chi connectivity index (χ4n) is 2.99. The number of methoxy groups -OCH3 is 1. The first-order valence-corrected chi connectivity index (χ1v) is 10.8. The Labute approximate surface area is 161 Å². The van der Waals surface area contributed by atoms with E-state index in [1.807, 2.05) is 27.7 Å². The van der Waals surface area contributed by atoms with Gasteiger partial charge in [0, 0.05) is 6.04 Å². The maximum atomic E-state index is 12.8. The molecular weight excluding hydrogens is 376 g/mol. The highest BCUT2D eigenvalue weighted by atomic mass is 35.5. The van der Waals surface area contributed by atoms with Crippen LogP contribution in [0.15, 0.2) is 18.2 Å². The molecule has 8 heteroatoms. The van der Waals surface area contributed by atoms with E-state index < -0.39 is 16.1 Å². The maximum absolute atomic E-state index is 12.8. The average Bonchev–Trinajstić information content (AvgIpc) is 2.50. The van der Waals surface area contributed by atoms with Crippen molar-refractivity contribution in [2.24, 2.45) is 11.8 Å². The molecule has 0 bridgehead atoms. The molecule has 0 unspecified atom stereocenters. The second kappa shape index (κ2) is 8.95. The van der Waals surface area contributed by atoms with Gasteiger partial charge in [0.05, 0.1) is 24.1 Å². The Morgan fingerprint density at radius 1 is 1.15 bits per heavy atom. The SMILES string of the molecule is COc1ccc(N([C@@H](C)C(=O)NC(C(C)C)C(C)C)S(C)(=O)=O)cc1Cl. The number of benzene rings is 1. The molecule has 0 saturated carbocycles. The molecule has 0 aliphatic heterocycles. The molecular formula is C18H29ClN2O4S. The predicted molar refractivity (Wildman–Crippen MR) is 106 cm³/mol. The summed E-state index contributed by atoms with van der Waals surface area (Å²) in [5.74, 6) is 0.539. The van der Waals surface area contributed by atoms with E-state index >= 15 is 0 Å². The summed E-state index contributed by atoms with van der Waals surface area (Å²) in [5.41, 5.74) is 0.312. The zero-order chi connectivity index (χ0) is 20.2. The average molecular weight is 405 g/mol. The molecule has 6 nitrogen and oxygen atoms in total. The third-order valence-corrected chi connectivity index (χ3v) is 5.76. The fourth-order valence-corrected chi connectivity index (χ4v) is 4.41. The summed E-state index contributed by atoms with van der Waals surface area (Å²) in [4.78, 5) is 12.8. The van der Waals surface area contributed by atoms with Crippen molar-refractivity contribution < 1.29 is 17.9 Å². The van der Waals surface area contributed by atoms with Gasteiger partial charge in [-0.25, -0.2) is 8.42 Å². The van der Waals surface area contributed by atoms with Crippen LogP contribution in [-0.4, -0.2) is 39.8 Å². The topological polar surface area (TPSA) is 75.7 Å². The molecule has 0 fully saturated rings. The highest BCUT2D eigenvalue weighted by Crippen LogP contribution is 2.31. The van der Waals surface area contributed by atoms with Crippen LogP contribution in [0.3, 0.4) is 0 Å². The van der Waals surface area contributed by atoms with Crippen molar-refractivity contribution in [2.75, 3.05) is 17.7 Å². The van der Waals surface area contributed by atoms with Gasteiger partial charge in [0.25, 0.3) is 0 Å². The van der Waals surface area contributed by atoms with Crippen molar-refractivity contribution in [2.45, 2.75) is 46.7 Å². The predicted octanol–water partition coefficient (Wildman–Crippen LogP) is 3.30. The van der Waals surface area contributed by atoms with Crippen LogP contribution in [-0.2, 0) is 14.8 Å². The van der Waals surface area contributed by atoms with Gasteiger partial charge in [-0.1, -0.05) is 39.3 Å². The summed E-state index contributed by atoms with van der Waals surface area (Å²) in [6, 6.07) is 3.65. The van der Waals surface area contributed by atoms with Gasteiger partial charge in [0.2, 0.25) is 15.9 Å². The first-order chi connectivity index (χ1) is 11.9. The summed E-state index contributed by atoms with van der Waals surface area (Å²) in [6.07, 6.45) is 1.07. The first kappa shape index (κ1) is 22.6. The van der Waals surface area contributed by atoms with Crippen LogP contribution in [0.1, 0.15) is 34.6 Å². The minimum absolute atomic E-state index is 0.0502. The van der Waals surface area contributed by atoms with Crippen LogP contribution in [0.5, 0.6) is 5.75 Å². The number of carbonyl (C=O) groups excluding carboxylic acids is 1. The van der Waals surface area contributed by atoms with Crippen molar-refractivity contribution >= 4 is 33.2 Å². The van der Waals surface area contributed by atoms with Gasteiger partial charge >= 0.3 is 0 Å². The molecule has 0 radical (unpaired) electrons.